The molecule has 0 radical (unpaired) electrons. The number of hydrogen-bond acceptors (Lipinski definition) is 5. The maximum absolute atomic E-state index is 11.8. The number of amides is 1. The highest BCUT2D eigenvalue weighted by atomic mass is 32.2. The summed E-state index contributed by atoms with van der Waals surface area (Å²) in [7, 11) is 0. The van der Waals surface area contributed by atoms with Gasteiger partial charge in [0.25, 0.3) is 0 Å². The minimum absolute atomic E-state index is 0.0470. The number of thioether (sulfide) groups is 1. The molecule has 106 valence electrons. The highest BCUT2D eigenvalue weighted by Crippen LogP contribution is 2.18. The minimum atomic E-state index is 0.0470. The van der Waals surface area contributed by atoms with E-state index in [0.29, 0.717) is 5.75 Å². The van der Waals surface area contributed by atoms with Crippen LogP contribution in [0.2, 0.25) is 0 Å². The molecule has 0 unspecified atom stereocenters. The first-order chi connectivity index (χ1) is 9.74. The summed E-state index contributed by atoms with van der Waals surface area (Å²) in [6, 6.07) is 10.5. The normalized spacial score (nSPS) is 12.1. The highest BCUT2D eigenvalue weighted by molar-refractivity contribution is 8.01. The van der Waals surface area contributed by atoms with Gasteiger partial charge in [-0.2, -0.15) is 0 Å². The lowest BCUT2D eigenvalue weighted by molar-refractivity contribution is -0.119. The Labute approximate surface area is 127 Å². The molecule has 0 bridgehead atoms. The zero-order chi connectivity index (χ0) is 14.2. The second kappa shape index (κ2) is 8.01. The molecule has 6 heteroatoms. The van der Waals surface area contributed by atoms with Crippen LogP contribution in [-0.2, 0) is 11.2 Å². The van der Waals surface area contributed by atoms with Crippen molar-refractivity contribution in [3.63, 3.8) is 0 Å². The van der Waals surface area contributed by atoms with Crippen LogP contribution in [0.4, 0.5) is 0 Å². The van der Waals surface area contributed by atoms with E-state index in [-0.39, 0.29) is 11.9 Å². The Hall–Kier alpha value is -1.40. The van der Waals surface area contributed by atoms with E-state index in [4.69, 9.17) is 0 Å². The van der Waals surface area contributed by atoms with Crippen molar-refractivity contribution < 1.29 is 4.79 Å². The van der Waals surface area contributed by atoms with Crippen molar-refractivity contribution >= 4 is 29.0 Å². The topological polar surface area (TPSA) is 54.9 Å². The number of aryl methyl sites for hydroxylation is 1. The average Bonchev–Trinajstić information content (AvgIpc) is 2.97. The van der Waals surface area contributed by atoms with Gasteiger partial charge in [-0.15, -0.1) is 10.2 Å². The van der Waals surface area contributed by atoms with E-state index < -0.39 is 0 Å². The molecule has 1 atom stereocenters. The van der Waals surface area contributed by atoms with Gasteiger partial charge in [0.15, 0.2) is 4.34 Å². The minimum Gasteiger partial charge on any atom is -0.353 e. The predicted octanol–water partition coefficient (Wildman–Crippen LogP) is 2.77. The lowest BCUT2D eigenvalue weighted by Crippen LogP contribution is -2.34. The molecule has 4 nitrogen and oxygen atoms in total. The van der Waals surface area contributed by atoms with Gasteiger partial charge in [0, 0.05) is 6.04 Å². The van der Waals surface area contributed by atoms with Gasteiger partial charge in [0.05, 0.1) is 5.75 Å². The molecule has 0 fully saturated rings. The Balaban J connectivity index is 1.66. The Morgan fingerprint density at radius 1 is 1.40 bits per heavy atom. The van der Waals surface area contributed by atoms with Gasteiger partial charge < -0.3 is 5.32 Å². The average molecular weight is 307 g/mol. The van der Waals surface area contributed by atoms with E-state index in [1.54, 1.807) is 5.51 Å². The van der Waals surface area contributed by atoms with Gasteiger partial charge in [-0.05, 0) is 25.3 Å². The third kappa shape index (κ3) is 5.30. The Kier molecular flexibility index (Phi) is 6.01. The van der Waals surface area contributed by atoms with Crippen LogP contribution in [-0.4, -0.2) is 27.9 Å². The molecule has 2 rings (SSSR count). The number of carbonyl (C=O) groups is 1. The molecule has 0 saturated heterocycles. The SMILES string of the molecule is C[C@@H](CCc1ccccc1)NC(=O)CSc1nncs1. The van der Waals surface area contributed by atoms with E-state index in [1.807, 2.05) is 25.1 Å². The van der Waals surface area contributed by atoms with E-state index in [2.05, 4.69) is 27.6 Å². The summed E-state index contributed by atoms with van der Waals surface area (Å²) >= 11 is 2.88. The van der Waals surface area contributed by atoms with Crippen molar-refractivity contribution in [2.75, 3.05) is 5.75 Å². The zero-order valence-corrected chi connectivity index (χ0v) is 12.9. The number of carbonyl (C=O) groups excluding carboxylic acids is 1. The first kappa shape index (κ1) is 15.0. The number of nitrogens with one attached hydrogen (secondary N) is 1. The molecule has 2 aromatic rings. The molecule has 0 aliphatic carbocycles. The van der Waals surface area contributed by atoms with Crippen LogP contribution in [0.25, 0.3) is 0 Å². The largest absolute Gasteiger partial charge is 0.353 e. The van der Waals surface area contributed by atoms with Crippen molar-refractivity contribution in [2.24, 2.45) is 0 Å². The van der Waals surface area contributed by atoms with Crippen LogP contribution in [0, 0.1) is 0 Å². The van der Waals surface area contributed by atoms with Crippen LogP contribution in [0.1, 0.15) is 18.9 Å². The Morgan fingerprint density at radius 2 is 2.20 bits per heavy atom. The molecule has 1 aromatic carbocycles. The van der Waals surface area contributed by atoms with Gasteiger partial charge >= 0.3 is 0 Å². The van der Waals surface area contributed by atoms with Crippen LogP contribution in [0.5, 0.6) is 0 Å². The third-order valence-corrected chi connectivity index (χ3v) is 4.64. The molecule has 0 saturated carbocycles. The van der Waals surface area contributed by atoms with E-state index in [9.17, 15) is 4.79 Å². The molecule has 0 spiro atoms. The second-order valence-electron chi connectivity index (χ2n) is 4.49. The smallest absolute Gasteiger partial charge is 0.230 e. The summed E-state index contributed by atoms with van der Waals surface area (Å²) in [6.07, 6.45) is 1.92. The number of benzene rings is 1. The van der Waals surface area contributed by atoms with Gasteiger partial charge in [-0.3, -0.25) is 4.79 Å². The first-order valence-corrected chi connectivity index (χ1v) is 8.33. The second-order valence-corrected chi connectivity index (χ2v) is 6.54. The fraction of sp³-hybridized carbons (Fsp3) is 0.357. The maximum atomic E-state index is 11.8. The molecule has 0 aliphatic heterocycles. The number of nitrogens with zero attached hydrogens (tertiary/aromatic N) is 2. The van der Waals surface area contributed by atoms with E-state index in [0.717, 1.165) is 17.2 Å². The fourth-order valence-electron chi connectivity index (χ4n) is 1.77. The van der Waals surface area contributed by atoms with Crippen LogP contribution in [0.15, 0.2) is 40.2 Å². The lowest BCUT2D eigenvalue weighted by atomic mass is 10.1. The molecule has 1 aromatic heterocycles. The molecule has 0 aliphatic rings. The van der Waals surface area contributed by atoms with Crippen LogP contribution < -0.4 is 5.32 Å². The fourth-order valence-corrected chi connectivity index (χ4v) is 3.07. The summed E-state index contributed by atoms with van der Waals surface area (Å²) in [5, 5.41) is 10.6. The maximum Gasteiger partial charge on any atom is 0.230 e. The van der Waals surface area contributed by atoms with E-state index >= 15 is 0 Å². The predicted molar refractivity (Wildman–Crippen MR) is 83.0 cm³/mol. The quantitative estimate of drug-likeness (QED) is 0.799. The van der Waals surface area contributed by atoms with Crippen molar-refractivity contribution in [3.05, 3.63) is 41.4 Å². The monoisotopic (exact) mass is 307 g/mol. The summed E-state index contributed by atoms with van der Waals surface area (Å²) in [5.41, 5.74) is 2.97. The van der Waals surface area contributed by atoms with Crippen molar-refractivity contribution in [3.8, 4) is 0 Å². The number of aromatic nitrogens is 2. The van der Waals surface area contributed by atoms with Crippen molar-refractivity contribution in [1.82, 2.24) is 15.5 Å². The van der Waals surface area contributed by atoms with Crippen LogP contribution >= 0.6 is 23.1 Å². The van der Waals surface area contributed by atoms with Crippen molar-refractivity contribution in [1.29, 1.82) is 0 Å². The van der Waals surface area contributed by atoms with Gasteiger partial charge in [-0.1, -0.05) is 53.4 Å². The molecule has 1 amide bonds. The molecule has 20 heavy (non-hydrogen) atoms. The van der Waals surface area contributed by atoms with Crippen LogP contribution in [0.3, 0.4) is 0 Å². The molecule has 1 N–H and O–H groups in total. The number of hydrogen-bond donors (Lipinski definition) is 1. The van der Waals surface area contributed by atoms with Gasteiger partial charge in [0.1, 0.15) is 5.51 Å². The summed E-state index contributed by atoms with van der Waals surface area (Å²) in [5.74, 6) is 0.441. The Morgan fingerprint density at radius 3 is 2.90 bits per heavy atom. The molecule has 1 heterocycles. The lowest BCUT2D eigenvalue weighted by Gasteiger charge is -2.13. The van der Waals surface area contributed by atoms with Crippen molar-refractivity contribution in [2.45, 2.75) is 30.1 Å². The summed E-state index contributed by atoms with van der Waals surface area (Å²) in [6.45, 7) is 2.04. The van der Waals surface area contributed by atoms with E-state index in [1.165, 1.54) is 28.7 Å². The van der Waals surface area contributed by atoms with Gasteiger partial charge in [0.2, 0.25) is 5.91 Å². The van der Waals surface area contributed by atoms with Gasteiger partial charge in [-0.25, -0.2) is 0 Å². The summed E-state index contributed by atoms with van der Waals surface area (Å²) < 4.78 is 0.831. The third-order valence-electron chi connectivity index (χ3n) is 2.78. The Bertz CT molecular complexity index is 516. The first-order valence-electron chi connectivity index (χ1n) is 6.46. The number of rotatable bonds is 7. The molecular formula is C14H17N3OS2. The standard InChI is InChI=1S/C14H17N3OS2/c1-11(7-8-12-5-3-2-4-6-12)16-13(18)9-19-14-17-15-10-20-14/h2-6,10-11H,7-9H2,1H3,(H,16,18)/t11-/m0/s1. The highest BCUT2D eigenvalue weighted by Gasteiger charge is 2.09. The zero-order valence-electron chi connectivity index (χ0n) is 11.3. The summed E-state index contributed by atoms with van der Waals surface area (Å²) in [4.78, 5) is 11.8. The molecular weight excluding hydrogens is 290 g/mol.